The highest BCUT2D eigenvalue weighted by atomic mass is 19.1. The summed E-state index contributed by atoms with van der Waals surface area (Å²) in [6.45, 7) is 2.44. The second-order valence-corrected chi connectivity index (χ2v) is 5.13. The van der Waals surface area contributed by atoms with E-state index in [-0.39, 0.29) is 23.4 Å². The first-order valence-corrected chi connectivity index (χ1v) is 6.90. The van der Waals surface area contributed by atoms with E-state index in [9.17, 15) is 9.18 Å². The topological polar surface area (TPSA) is 41.6 Å². The van der Waals surface area contributed by atoms with Crippen molar-refractivity contribution in [1.29, 1.82) is 0 Å². The zero-order chi connectivity index (χ0) is 14.5. The van der Waals surface area contributed by atoms with E-state index >= 15 is 0 Å². The van der Waals surface area contributed by atoms with Crippen LogP contribution in [0.3, 0.4) is 0 Å². The van der Waals surface area contributed by atoms with Gasteiger partial charge in [0.25, 0.3) is 0 Å². The number of carbonyl (C=O) groups is 1. The van der Waals surface area contributed by atoms with Gasteiger partial charge >= 0.3 is 0 Å². The second kappa shape index (κ2) is 6.70. The lowest BCUT2D eigenvalue weighted by Crippen LogP contribution is -2.39. The molecule has 0 aromatic heterocycles. The highest BCUT2D eigenvalue weighted by Crippen LogP contribution is 2.22. The third-order valence-electron chi connectivity index (χ3n) is 3.83. The molecule has 20 heavy (non-hydrogen) atoms. The van der Waals surface area contributed by atoms with Crippen molar-refractivity contribution in [3.05, 3.63) is 29.6 Å². The number of likely N-dealkylation sites (tertiary alicyclic amines) is 1. The molecular weight excluding hydrogens is 259 g/mol. The average molecular weight is 280 g/mol. The molecule has 1 saturated heterocycles. The largest absolute Gasteiger partial charge is 0.494 e. The van der Waals surface area contributed by atoms with Crippen LogP contribution < -0.4 is 10.1 Å². The van der Waals surface area contributed by atoms with Crippen molar-refractivity contribution in [3.63, 3.8) is 0 Å². The van der Waals surface area contributed by atoms with Crippen LogP contribution in [0.2, 0.25) is 0 Å². The number of hydrogen-bond acceptors (Lipinski definition) is 3. The van der Waals surface area contributed by atoms with Gasteiger partial charge < -0.3 is 10.1 Å². The fourth-order valence-corrected chi connectivity index (χ4v) is 2.62. The third-order valence-corrected chi connectivity index (χ3v) is 3.83. The Bertz CT molecular complexity index is 471. The molecule has 1 aromatic carbocycles. The minimum atomic E-state index is -0.328. The zero-order valence-electron chi connectivity index (χ0n) is 12.0. The number of amides is 1. The number of halogens is 1. The summed E-state index contributed by atoms with van der Waals surface area (Å²) in [7, 11) is 3.14. The van der Waals surface area contributed by atoms with E-state index in [1.807, 2.05) is 6.07 Å². The molecule has 1 aliphatic heterocycles. The van der Waals surface area contributed by atoms with Gasteiger partial charge in [-0.2, -0.15) is 0 Å². The molecular formula is C15H21FN2O2. The number of ether oxygens (including phenoxy) is 1. The van der Waals surface area contributed by atoms with Gasteiger partial charge in [-0.1, -0.05) is 6.07 Å². The number of benzene rings is 1. The molecule has 0 spiro atoms. The van der Waals surface area contributed by atoms with E-state index in [1.165, 1.54) is 13.2 Å². The normalized spacial score (nSPS) is 16.9. The maximum atomic E-state index is 13.6. The highest BCUT2D eigenvalue weighted by molar-refractivity contribution is 5.78. The van der Waals surface area contributed by atoms with Crippen LogP contribution in [0, 0.1) is 11.7 Å². The summed E-state index contributed by atoms with van der Waals surface area (Å²) < 4.78 is 18.5. The molecule has 0 bridgehead atoms. The van der Waals surface area contributed by atoms with E-state index in [0.717, 1.165) is 31.5 Å². The van der Waals surface area contributed by atoms with Crippen LogP contribution in [0.1, 0.15) is 18.4 Å². The molecule has 1 heterocycles. The van der Waals surface area contributed by atoms with E-state index in [0.29, 0.717) is 6.54 Å². The molecule has 0 aliphatic carbocycles. The molecule has 2 rings (SSSR count). The molecule has 1 amide bonds. The lowest BCUT2D eigenvalue weighted by Gasteiger charge is -2.31. The fourth-order valence-electron chi connectivity index (χ4n) is 2.62. The SMILES string of the molecule is CNC(=O)C1CCN(Cc2ccc(OC)c(F)c2)CC1. The first-order chi connectivity index (χ1) is 9.63. The van der Waals surface area contributed by atoms with Gasteiger partial charge in [-0.25, -0.2) is 4.39 Å². The predicted molar refractivity (Wildman–Crippen MR) is 75.0 cm³/mol. The van der Waals surface area contributed by atoms with E-state index in [2.05, 4.69) is 10.2 Å². The van der Waals surface area contributed by atoms with Crippen molar-refractivity contribution < 1.29 is 13.9 Å². The molecule has 5 heteroatoms. The van der Waals surface area contributed by atoms with Crippen LogP contribution in [0.15, 0.2) is 18.2 Å². The van der Waals surface area contributed by atoms with Gasteiger partial charge in [0.05, 0.1) is 7.11 Å². The van der Waals surface area contributed by atoms with Crippen molar-refractivity contribution in [3.8, 4) is 5.75 Å². The van der Waals surface area contributed by atoms with Gasteiger partial charge in [0.1, 0.15) is 0 Å². The molecule has 0 saturated carbocycles. The van der Waals surface area contributed by atoms with Gasteiger partial charge in [-0.15, -0.1) is 0 Å². The van der Waals surface area contributed by atoms with Crippen molar-refractivity contribution in [2.45, 2.75) is 19.4 Å². The molecule has 110 valence electrons. The summed E-state index contributed by atoms with van der Waals surface area (Å²) in [5.74, 6) is 0.182. The summed E-state index contributed by atoms with van der Waals surface area (Å²) in [6, 6.07) is 5.05. The molecule has 1 fully saturated rings. The van der Waals surface area contributed by atoms with Gasteiger partial charge in [0.15, 0.2) is 11.6 Å². The number of nitrogens with zero attached hydrogens (tertiary/aromatic N) is 1. The van der Waals surface area contributed by atoms with Crippen molar-refractivity contribution in [2.75, 3.05) is 27.2 Å². The lowest BCUT2D eigenvalue weighted by molar-refractivity contribution is -0.125. The van der Waals surface area contributed by atoms with Crippen LogP contribution in [0.25, 0.3) is 0 Å². The van der Waals surface area contributed by atoms with Crippen LogP contribution in [0.4, 0.5) is 4.39 Å². The number of nitrogens with one attached hydrogen (secondary N) is 1. The monoisotopic (exact) mass is 280 g/mol. The minimum absolute atomic E-state index is 0.115. The summed E-state index contributed by atoms with van der Waals surface area (Å²) in [4.78, 5) is 13.8. The van der Waals surface area contributed by atoms with Gasteiger partial charge in [0.2, 0.25) is 5.91 Å². The number of hydrogen-bond donors (Lipinski definition) is 1. The molecule has 0 atom stereocenters. The summed E-state index contributed by atoms with van der Waals surface area (Å²) in [5.41, 5.74) is 0.932. The van der Waals surface area contributed by atoms with E-state index < -0.39 is 0 Å². The van der Waals surface area contributed by atoms with Gasteiger partial charge in [0, 0.05) is 19.5 Å². The van der Waals surface area contributed by atoms with Crippen molar-refractivity contribution in [2.24, 2.45) is 5.92 Å². The average Bonchev–Trinajstić information content (AvgIpc) is 2.47. The van der Waals surface area contributed by atoms with Crippen LogP contribution in [-0.4, -0.2) is 38.1 Å². The number of rotatable bonds is 4. The lowest BCUT2D eigenvalue weighted by atomic mass is 9.95. The molecule has 0 unspecified atom stereocenters. The van der Waals surface area contributed by atoms with E-state index in [4.69, 9.17) is 4.74 Å². The first kappa shape index (κ1) is 14.8. The zero-order valence-corrected chi connectivity index (χ0v) is 12.0. The summed E-state index contributed by atoms with van der Waals surface area (Å²) in [6.07, 6.45) is 1.72. The Kier molecular flexibility index (Phi) is 4.95. The van der Waals surface area contributed by atoms with E-state index in [1.54, 1.807) is 13.1 Å². The Morgan fingerprint density at radius 1 is 1.45 bits per heavy atom. The standard InChI is InChI=1S/C15H21FN2O2/c1-17-15(19)12-5-7-18(8-6-12)10-11-3-4-14(20-2)13(16)9-11/h3-4,9,12H,5-8,10H2,1-2H3,(H,17,19). The molecule has 1 aliphatic rings. The van der Waals surface area contributed by atoms with Crippen LogP contribution in [0.5, 0.6) is 5.75 Å². The van der Waals surface area contributed by atoms with Crippen molar-refractivity contribution in [1.82, 2.24) is 10.2 Å². The first-order valence-electron chi connectivity index (χ1n) is 6.90. The Morgan fingerprint density at radius 2 is 2.15 bits per heavy atom. The smallest absolute Gasteiger partial charge is 0.222 e. The Hall–Kier alpha value is -1.62. The maximum Gasteiger partial charge on any atom is 0.222 e. The number of piperidine rings is 1. The van der Waals surface area contributed by atoms with Crippen LogP contribution in [-0.2, 0) is 11.3 Å². The molecule has 4 nitrogen and oxygen atoms in total. The molecule has 1 aromatic rings. The maximum absolute atomic E-state index is 13.6. The minimum Gasteiger partial charge on any atom is -0.494 e. The van der Waals surface area contributed by atoms with Crippen LogP contribution >= 0.6 is 0 Å². The Morgan fingerprint density at radius 3 is 2.70 bits per heavy atom. The third kappa shape index (κ3) is 3.48. The Labute approximate surface area is 118 Å². The summed E-state index contributed by atoms with van der Waals surface area (Å²) >= 11 is 0. The Balaban J connectivity index is 1.89. The predicted octanol–water partition coefficient (Wildman–Crippen LogP) is 1.79. The fraction of sp³-hybridized carbons (Fsp3) is 0.533. The second-order valence-electron chi connectivity index (χ2n) is 5.13. The number of methoxy groups -OCH3 is 1. The summed E-state index contributed by atoms with van der Waals surface area (Å²) in [5, 5.41) is 2.70. The number of carbonyl (C=O) groups excluding carboxylic acids is 1. The molecule has 1 N–H and O–H groups in total. The molecule has 0 radical (unpaired) electrons. The van der Waals surface area contributed by atoms with Gasteiger partial charge in [-0.05, 0) is 43.6 Å². The highest BCUT2D eigenvalue weighted by Gasteiger charge is 2.24. The van der Waals surface area contributed by atoms with Crippen molar-refractivity contribution >= 4 is 5.91 Å². The van der Waals surface area contributed by atoms with Gasteiger partial charge in [-0.3, -0.25) is 9.69 Å². The quantitative estimate of drug-likeness (QED) is 0.914.